The molecule has 0 aliphatic rings. The molecule has 28 heavy (non-hydrogen) atoms. The summed E-state index contributed by atoms with van der Waals surface area (Å²) in [5, 5.41) is 14.3. The van der Waals surface area contributed by atoms with E-state index in [1.54, 1.807) is 19.1 Å². The first kappa shape index (κ1) is 21.7. The van der Waals surface area contributed by atoms with Crippen LogP contribution in [0.5, 0.6) is 5.75 Å². The average molecular weight is 406 g/mol. The van der Waals surface area contributed by atoms with Gasteiger partial charge < -0.3 is 24.1 Å². The van der Waals surface area contributed by atoms with Gasteiger partial charge in [-0.1, -0.05) is 24.3 Å². The van der Waals surface area contributed by atoms with Gasteiger partial charge in [-0.3, -0.25) is 0 Å². The summed E-state index contributed by atoms with van der Waals surface area (Å²) in [6.07, 6.45) is 1.07. The van der Waals surface area contributed by atoms with Crippen LogP contribution in [0.25, 0.3) is 0 Å². The summed E-state index contributed by atoms with van der Waals surface area (Å²) in [5.74, 6) is -0.922. The Kier molecular flexibility index (Phi) is 7.83. The highest BCUT2D eigenvalue weighted by atomic mass is 32.2. The van der Waals surface area contributed by atoms with Gasteiger partial charge in [0.05, 0.1) is 12.2 Å². The number of carboxylic acids is 1. The van der Waals surface area contributed by atoms with E-state index in [-0.39, 0.29) is 12.2 Å². The zero-order valence-electron chi connectivity index (χ0n) is 15.9. The number of benzene rings is 2. The van der Waals surface area contributed by atoms with E-state index in [0.717, 1.165) is 29.5 Å². The molecule has 1 unspecified atom stereocenters. The first-order chi connectivity index (χ1) is 13.3. The number of hydrogen-bond donors (Lipinski definition) is 1. The van der Waals surface area contributed by atoms with E-state index < -0.39 is 22.2 Å². The molecule has 1 atom stereocenters. The van der Waals surface area contributed by atoms with Crippen molar-refractivity contribution in [2.75, 3.05) is 24.7 Å². The molecule has 1 N–H and O–H groups in total. The minimum Gasteiger partial charge on any atom is -0.547 e. The fourth-order valence-electron chi connectivity index (χ4n) is 2.62. The lowest BCUT2D eigenvalue weighted by atomic mass is 10.1. The monoisotopic (exact) mass is 406 g/mol. The molecular weight excluding hydrogens is 382 g/mol. The van der Waals surface area contributed by atoms with E-state index in [4.69, 9.17) is 8.92 Å². The third kappa shape index (κ3) is 7.58. The van der Waals surface area contributed by atoms with Crippen molar-refractivity contribution in [1.29, 1.82) is 0 Å². The summed E-state index contributed by atoms with van der Waals surface area (Å²) < 4.78 is 32.2. The van der Waals surface area contributed by atoms with Crippen molar-refractivity contribution in [3.63, 3.8) is 0 Å². The average Bonchev–Trinajstić information content (AvgIpc) is 2.63. The quantitative estimate of drug-likeness (QED) is 0.562. The second-order valence-electron chi connectivity index (χ2n) is 6.27. The number of aliphatic carboxylic acids is 1. The van der Waals surface area contributed by atoms with Crippen LogP contribution >= 0.6 is 0 Å². The van der Waals surface area contributed by atoms with Crippen LogP contribution in [0.15, 0.2) is 48.5 Å². The third-order valence-electron chi connectivity index (χ3n) is 3.92. The molecule has 7 nitrogen and oxygen atoms in total. The van der Waals surface area contributed by atoms with E-state index in [9.17, 15) is 18.3 Å². The van der Waals surface area contributed by atoms with Crippen molar-refractivity contribution in [2.45, 2.75) is 25.9 Å². The largest absolute Gasteiger partial charge is 0.547 e. The lowest BCUT2D eigenvalue weighted by Crippen LogP contribution is -2.39. The number of carboxylic acid groups (broad SMARTS) is 1. The number of nitrogens with one attached hydrogen (secondary N) is 1. The molecule has 0 aliphatic heterocycles. The summed E-state index contributed by atoms with van der Waals surface area (Å²) in [6.45, 7) is 2.75. The Bertz CT molecular complexity index is 863. The van der Waals surface area contributed by atoms with Gasteiger partial charge in [-0.2, -0.15) is 8.42 Å². The van der Waals surface area contributed by atoms with Crippen LogP contribution in [0, 0.1) is 0 Å². The number of rotatable bonds is 11. The van der Waals surface area contributed by atoms with E-state index in [0.29, 0.717) is 13.2 Å². The minimum absolute atomic E-state index is 0.262. The summed E-state index contributed by atoms with van der Waals surface area (Å²) in [5.41, 5.74) is 2.82. The molecule has 8 heteroatoms. The molecule has 0 amide bonds. The molecule has 152 valence electrons. The SMILES string of the molecule is CCOC(Cc1ccc(NCCc2ccc(OS(C)(=O)=O)cc2)cc1)C(=O)[O-]. The first-order valence-corrected chi connectivity index (χ1v) is 10.7. The number of carbonyl (C=O) groups excluding carboxylic acids is 1. The minimum atomic E-state index is -3.52. The summed E-state index contributed by atoms with van der Waals surface area (Å²) in [6, 6.07) is 14.4. The fraction of sp³-hybridized carbons (Fsp3) is 0.350. The molecule has 2 aromatic rings. The van der Waals surface area contributed by atoms with Crippen LogP contribution in [0.4, 0.5) is 5.69 Å². The Morgan fingerprint density at radius 3 is 2.21 bits per heavy atom. The van der Waals surface area contributed by atoms with Gasteiger partial charge in [0.2, 0.25) is 0 Å². The van der Waals surface area contributed by atoms with E-state index in [2.05, 4.69) is 5.32 Å². The zero-order valence-corrected chi connectivity index (χ0v) is 16.7. The van der Waals surface area contributed by atoms with E-state index in [1.165, 1.54) is 0 Å². The molecule has 0 aliphatic carbocycles. The van der Waals surface area contributed by atoms with Crippen molar-refractivity contribution < 1.29 is 27.2 Å². The summed E-state index contributed by atoms with van der Waals surface area (Å²) in [4.78, 5) is 11.0. The maximum Gasteiger partial charge on any atom is 0.306 e. The molecule has 0 saturated carbocycles. The highest BCUT2D eigenvalue weighted by molar-refractivity contribution is 7.86. The van der Waals surface area contributed by atoms with Crippen molar-refractivity contribution in [3.05, 3.63) is 59.7 Å². The molecule has 0 fully saturated rings. The maximum absolute atomic E-state index is 11.1. The number of anilines is 1. The van der Waals surface area contributed by atoms with Gasteiger partial charge in [0.15, 0.2) is 0 Å². The van der Waals surface area contributed by atoms with Crippen LogP contribution in [0.3, 0.4) is 0 Å². The highest BCUT2D eigenvalue weighted by Crippen LogP contribution is 2.15. The second-order valence-corrected chi connectivity index (χ2v) is 7.85. The van der Waals surface area contributed by atoms with E-state index >= 15 is 0 Å². The number of hydrogen-bond acceptors (Lipinski definition) is 7. The molecular formula is C20H24NO6S-. The van der Waals surface area contributed by atoms with Crippen LogP contribution in [0.1, 0.15) is 18.1 Å². The second kappa shape index (κ2) is 10.1. The molecule has 2 aromatic carbocycles. The topological polar surface area (TPSA) is 105 Å². The van der Waals surface area contributed by atoms with Gasteiger partial charge in [-0.05, 0) is 48.7 Å². The molecule has 0 spiro atoms. The Labute approximate surface area is 165 Å². The highest BCUT2D eigenvalue weighted by Gasteiger charge is 2.10. The van der Waals surface area contributed by atoms with Crippen molar-refractivity contribution in [3.8, 4) is 5.75 Å². The fourth-order valence-corrected chi connectivity index (χ4v) is 3.08. The molecule has 0 saturated heterocycles. The zero-order chi connectivity index (χ0) is 20.6. The first-order valence-electron chi connectivity index (χ1n) is 8.90. The van der Waals surface area contributed by atoms with Crippen LogP contribution in [-0.2, 0) is 32.5 Å². The van der Waals surface area contributed by atoms with Gasteiger partial charge in [0.25, 0.3) is 0 Å². The van der Waals surface area contributed by atoms with Gasteiger partial charge in [-0.25, -0.2) is 0 Å². The van der Waals surface area contributed by atoms with Gasteiger partial charge in [0, 0.05) is 25.3 Å². The standard InChI is InChI=1S/C20H25NO6S/c1-3-26-19(20(22)23)14-16-4-8-17(9-5-16)21-13-12-15-6-10-18(11-7-15)27-28(2,24)25/h4-11,19,21H,3,12-14H2,1-2H3,(H,22,23)/p-1. The molecule has 0 heterocycles. The predicted octanol–water partition coefficient (Wildman–Crippen LogP) is 1.38. The smallest absolute Gasteiger partial charge is 0.306 e. The van der Waals surface area contributed by atoms with Gasteiger partial charge >= 0.3 is 10.1 Å². The lowest BCUT2D eigenvalue weighted by Gasteiger charge is -2.18. The van der Waals surface area contributed by atoms with Crippen molar-refractivity contribution >= 4 is 21.8 Å². The van der Waals surface area contributed by atoms with Crippen molar-refractivity contribution in [2.24, 2.45) is 0 Å². The normalized spacial score (nSPS) is 12.4. The Hall–Kier alpha value is -2.58. The lowest BCUT2D eigenvalue weighted by molar-refractivity contribution is -0.316. The predicted molar refractivity (Wildman–Crippen MR) is 105 cm³/mol. The third-order valence-corrected chi connectivity index (χ3v) is 4.41. The molecule has 0 radical (unpaired) electrons. The molecule has 0 aromatic heterocycles. The van der Waals surface area contributed by atoms with E-state index in [1.807, 2.05) is 36.4 Å². The van der Waals surface area contributed by atoms with Crippen LogP contribution in [0.2, 0.25) is 0 Å². The Balaban J connectivity index is 1.82. The molecule has 2 rings (SSSR count). The summed E-state index contributed by atoms with van der Waals surface area (Å²) >= 11 is 0. The summed E-state index contributed by atoms with van der Waals surface area (Å²) in [7, 11) is -3.52. The van der Waals surface area contributed by atoms with Gasteiger partial charge in [0.1, 0.15) is 11.9 Å². The van der Waals surface area contributed by atoms with Gasteiger partial charge in [-0.15, -0.1) is 0 Å². The number of carbonyl (C=O) groups is 1. The number of ether oxygens (including phenoxy) is 1. The van der Waals surface area contributed by atoms with Crippen LogP contribution in [-0.4, -0.2) is 39.9 Å². The molecule has 0 bridgehead atoms. The Morgan fingerprint density at radius 2 is 1.68 bits per heavy atom. The van der Waals surface area contributed by atoms with Crippen molar-refractivity contribution in [1.82, 2.24) is 0 Å². The van der Waals surface area contributed by atoms with Crippen LogP contribution < -0.4 is 14.6 Å². The Morgan fingerprint density at radius 1 is 1.07 bits per heavy atom. The maximum atomic E-state index is 11.1.